The minimum atomic E-state index is 0.393. The zero-order valence-electron chi connectivity index (χ0n) is 18.1. The van der Waals surface area contributed by atoms with E-state index < -0.39 is 0 Å². The molecule has 3 rings (SSSR count). The maximum absolute atomic E-state index is 12.9. The molecule has 0 bridgehead atoms. The first kappa shape index (κ1) is 21.3. The Balaban J connectivity index is 1.43. The van der Waals surface area contributed by atoms with Gasteiger partial charge < -0.3 is 14.7 Å². The Bertz CT molecular complexity index is 595. The molecule has 28 heavy (non-hydrogen) atoms. The minimum Gasteiger partial charge on any atom is -0.341 e. The van der Waals surface area contributed by atoms with E-state index in [0.717, 1.165) is 52.0 Å². The van der Waals surface area contributed by atoms with Gasteiger partial charge in [0.15, 0.2) is 0 Å². The van der Waals surface area contributed by atoms with Crippen LogP contribution in [-0.2, 0) is 11.2 Å². The summed E-state index contributed by atoms with van der Waals surface area (Å²) in [4.78, 5) is 20.1. The van der Waals surface area contributed by atoms with Crippen molar-refractivity contribution in [1.82, 2.24) is 14.7 Å². The van der Waals surface area contributed by atoms with Crippen molar-refractivity contribution in [2.75, 3.05) is 39.8 Å². The van der Waals surface area contributed by atoms with Crippen LogP contribution in [0.2, 0.25) is 0 Å². The Morgan fingerprint density at radius 3 is 2.50 bits per heavy atom. The molecule has 2 fully saturated rings. The van der Waals surface area contributed by atoms with E-state index in [1.807, 2.05) is 0 Å². The van der Waals surface area contributed by atoms with Gasteiger partial charge in [0.2, 0.25) is 5.91 Å². The second kappa shape index (κ2) is 10.4. The largest absolute Gasteiger partial charge is 0.341 e. The maximum Gasteiger partial charge on any atom is 0.222 e. The Morgan fingerprint density at radius 1 is 1.11 bits per heavy atom. The lowest BCUT2D eigenvalue weighted by Crippen LogP contribution is -2.49. The van der Waals surface area contributed by atoms with Gasteiger partial charge in [0.25, 0.3) is 0 Å². The van der Waals surface area contributed by atoms with Crippen molar-refractivity contribution in [3.8, 4) is 0 Å². The number of piperidine rings is 2. The van der Waals surface area contributed by atoms with Crippen molar-refractivity contribution in [2.45, 2.75) is 64.5 Å². The van der Waals surface area contributed by atoms with Gasteiger partial charge >= 0.3 is 0 Å². The van der Waals surface area contributed by atoms with E-state index in [9.17, 15) is 4.79 Å². The molecule has 0 aromatic heterocycles. The van der Waals surface area contributed by atoms with E-state index in [2.05, 4.69) is 65.9 Å². The molecule has 2 heterocycles. The van der Waals surface area contributed by atoms with Crippen LogP contribution in [0, 0.1) is 5.92 Å². The summed E-state index contributed by atoms with van der Waals surface area (Å²) < 4.78 is 0. The van der Waals surface area contributed by atoms with Crippen LogP contribution in [0.15, 0.2) is 30.3 Å². The highest BCUT2D eigenvalue weighted by atomic mass is 16.2. The summed E-state index contributed by atoms with van der Waals surface area (Å²) in [6, 6.07) is 11.8. The summed E-state index contributed by atoms with van der Waals surface area (Å²) >= 11 is 0. The highest BCUT2D eigenvalue weighted by Gasteiger charge is 2.29. The van der Waals surface area contributed by atoms with Crippen molar-refractivity contribution < 1.29 is 4.79 Å². The van der Waals surface area contributed by atoms with E-state index in [1.54, 1.807) is 0 Å². The second-order valence-electron chi connectivity index (χ2n) is 9.13. The molecule has 0 spiro atoms. The molecule has 2 aliphatic heterocycles. The third-order valence-corrected chi connectivity index (χ3v) is 6.81. The lowest BCUT2D eigenvalue weighted by atomic mass is 9.92. The number of benzene rings is 1. The van der Waals surface area contributed by atoms with Crippen molar-refractivity contribution in [2.24, 2.45) is 5.92 Å². The number of nitrogens with zero attached hydrogens (tertiary/aromatic N) is 3. The van der Waals surface area contributed by atoms with Crippen LogP contribution >= 0.6 is 0 Å². The number of carbonyl (C=O) groups excluding carboxylic acids is 1. The molecule has 156 valence electrons. The predicted molar refractivity (Wildman–Crippen MR) is 116 cm³/mol. The van der Waals surface area contributed by atoms with Crippen molar-refractivity contribution >= 4 is 5.91 Å². The number of likely N-dealkylation sites (tertiary alicyclic amines) is 2. The summed E-state index contributed by atoms with van der Waals surface area (Å²) in [5.41, 5.74) is 1.39. The summed E-state index contributed by atoms with van der Waals surface area (Å²) in [6.45, 7) is 9.77. The van der Waals surface area contributed by atoms with Crippen molar-refractivity contribution in [3.63, 3.8) is 0 Å². The van der Waals surface area contributed by atoms with E-state index in [0.29, 0.717) is 23.9 Å². The quantitative estimate of drug-likeness (QED) is 0.717. The van der Waals surface area contributed by atoms with Crippen LogP contribution < -0.4 is 0 Å². The zero-order valence-corrected chi connectivity index (χ0v) is 18.1. The van der Waals surface area contributed by atoms with Gasteiger partial charge in [-0.05, 0) is 77.6 Å². The molecule has 4 heteroatoms. The molecule has 4 nitrogen and oxygen atoms in total. The van der Waals surface area contributed by atoms with Gasteiger partial charge in [0.05, 0.1) is 0 Å². The minimum absolute atomic E-state index is 0.393. The molecule has 1 amide bonds. The van der Waals surface area contributed by atoms with Gasteiger partial charge in [0, 0.05) is 38.1 Å². The van der Waals surface area contributed by atoms with Crippen LogP contribution in [0.5, 0.6) is 0 Å². The first-order valence-corrected chi connectivity index (χ1v) is 11.3. The Hall–Kier alpha value is -1.39. The number of carbonyl (C=O) groups is 1. The number of hydrogen-bond acceptors (Lipinski definition) is 3. The SMILES string of the molecule is CC(C)N1CCC(CC(=O)N2CCCC(N(C)CCc3ccccc3)C2)CC1. The van der Waals surface area contributed by atoms with Gasteiger partial charge in [0.1, 0.15) is 0 Å². The van der Waals surface area contributed by atoms with Crippen LogP contribution in [0.3, 0.4) is 0 Å². The standard InChI is InChI=1S/C24H39N3O/c1-20(2)26-16-12-22(13-17-26)18-24(28)27-14-7-10-23(19-27)25(3)15-11-21-8-5-4-6-9-21/h4-6,8-9,20,22-23H,7,10-19H2,1-3H3. The molecule has 0 radical (unpaired) electrons. The highest BCUT2D eigenvalue weighted by molar-refractivity contribution is 5.76. The molecule has 2 saturated heterocycles. The Morgan fingerprint density at radius 2 is 1.82 bits per heavy atom. The molecule has 2 aliphatic rings. The summed E-state index contributed by atoms with van der Waals surface area (Å²) in [7, 11) is 2.23. The lowest BCUT2D eigenvalue weighted by Gasteiger charge is -2.39. The highest BCUT2D eigenvalue weighted by Crippen LogP contribution is 2.24. The van der Waals surface area contributed by atoms with Gasteiger partial charge in [-0.2, -0.15) is 0 Å². The molecule has 1 aromatic rings. The van der Waals surface area contributed by atoms with Crippen LogP contribution in [0.1, 0.15) is 51.5 Å². The smallest absolute Gasteiger partial charge is 0.222 e. The summed E-state index contributed by atoms with van der Waals surface area (Å²) in [5, 5.41) is 0. The molecule has 0 N–H and O–H groups in total. The predicted octanol–water partition coefficient (Wildman–Crippen LogP) is 3.66. The van der Waals surface area contributed by atoms with Gasteiger partial charge in [-0.1, -0.05) is 30.3 Å². The fraction of sp³-hybridized carbons (Fsp3) is 0.708. The molecule has 1 aromatic carbocycles. The first-order chi connectivity index (χ1) is 13.5. The third-order valence-electron chi connectivity index (χ3n) is 6.81. The number of likely N-dealkylation sites (N-methyl/N-ethyl adjacent to an activating group) is 1. The topological polar surface area (TPSA) is 26.8 Å². The summed E-state index contributed by atoms with van der Waals surface area (Å²) in [5.74, 6) is 0.975. The maximum atomic E-state index is 12.9. The normalized spacial score (nSPS) is 22.2. The van der Waals surface area contributed by atoms with E-state index in [-0.39, 0.29) is 0 Å². The average Bonchev–Trinajstić information content (AvgIpc) is 2.73. The Kier molecular flexibility index (Phi) is 7.92. The van der Waals surface area contributed by atoms with Crippen molar-refractivity contribution in [1.29, 1.82) is 0 Å². The van der Waals surface area contributed by atoms with E-state index in [4.69, 9.17) is 0 Å². The van der Waals surface area contributed by atoms with Crippen LogP contribution in [-0.4, -0.2) is 72.5 Å². The molecule has 0 aliphatic carbocycles. The molecular formula is C24H39N3O. The lowest BCUT2D eigenvalue weighted by molar-refractivity contribution is -0.134. The molecule has 1 atom stereocenters. The molecular weight excluding hydrogens is 346 g/mol. The number of amides is 1. The zero-order chi connectivity index (χ0) is 19.9. The van der Waals surface area contributed by atoms with Gasteiger partial charge in [-0.3, -0.25) is 4.79 Å². The Labute approximate surface area is 171 Å². The van der Waals surface area contributed by atoms with Gasteiger partial charge in [-0.25, -0.2) is 0 Å². The van der Waals surface area contributed by atoms with Gasteiger partial charge in [-0.15, -0.1) is 0 Å². The fourth-order valence-electron chi connectivity index (χ4n) is 4.72. The first-order valence-electron chi connectivity index (χ1n) is 11.3. The van der Waals surface area contributed by atoms with E-state index >= 15 is 0 Å². The number of hydrogen-bond donors (Lipinski definition) is 0. The van der Waals surface area contributed by atoms with Crippen LogP contribution in [0.4, 0.5) is 0 Å². The van der Waals surface area contributed by atoms with Crippen LogP contribution in [0.25, 0.3) is 0 Å². The summed E-state index contributed by atoms with van der Waals surface area (Å²) in [6.07, 6.45) is 6.54. The third kappa shape index (κ3) is 6.05. The van der Waals surface area contributed by atoms with E-state index in [1.165, 1.54) is 24.8 Å². The fourth-order valence-corrected chi connectivity index (χ4v) is 4.72. The second-order valence-corrected chi connectivity index (χ2v) is 9.13. The average molecular weight is 386 g/mol. The van der Waals surface area contributed by atoms with Crippen molar-refractivity contribution in [3.05, 3.63) is 35.9 Å². The molecule has 0 saturated carbocycles. The molecule has 1 unspecified atom stereocenters. The number of rotatable bonds is 7. The monoisotopic (exact) mass is 385 g/mol.